The lowest BCUT2D eigenvalue weighted by Gasteiger charge is -2.17. The Labute approximate surface area is 87.1 Å². The largest absolute Gasteiger partial charge is 0.391 e. The van der Waals surface area contributed by atoms with Crippen LogP contribution in [0.1, 0.15) is 26.7 Å². The van der Waals surface area contributed by atoms with Crippen LogP contribution in [0.5, 0.6) is 0 Å². The average Bonchev–Trinajstić information content (AvgIpc) is 2.48. The summed E-state index contributed by atoms with van der Waals surface area (Å²) >= 11 is 0. The Hall–Kier alpha value is -0.120. The highest BCUT2D eigenvalue weighted by Gasteiger charge is 2.22. The molecule has 1 heterocycles. The van der Waals surface area contributed by atoms with Gasteiger partial charge >= 0.3 is 0 Å². The first kappa shape index (κ1) is 12.0. The second-order valence-corrected chi connectivity index (χ2v) is 4.69. The Balaban J connectivity index is 2.10. The van der Waals surface area contributed by atoms with E-state index >= 15 is 0 Å². The van der Waals surface area contributed by atoms with Gasteiger partial charge in [0.05, 0.1) is 18.8 Å². The first-order chi connectivity index (χ1) is 6.58. The van der Waals surface area contributed by atoms with Crippen LogP contribution in [0.15, 0.2) is 0 Å². The van der Waals surface area contributed by atoms with Crippen LogP contribution in [0.25, 0.3) is 0 Å². The van der Waals surface area contributed by atoms with Gasteiger partial charge in [0.1, 0.15) is 0 Å². The third-order valence-corrected chi connectivity index (χ3v) is 2.72. The summed E-state index contributed by atoms with van der Waals surface area (Å²) in [5.41, 5.74) is 0. The number of rotatable bonds is 5. The molecule has 1 unspecified atom stereocenters. The Morgan fingerprint density at radius 3 is 2.71 bits per heavy atom. The van der Waals surface area contributed by atoms with Crippen molar-refractivity contribution in [3.05, 3.63) is 0 Å². The molecule has 1 N–H and O–H groups in total. The summed E-state index contributed by atoms with van der Waals surface area (Å²) in [6.07, 6.45) is 2.04. The van der Waals surface area contributed by atoms with Gasteiger partial charge < -0.3 is 14.7 Å². The zero-order valence-electron chi connectivity index (χ0n) is 9.57. The molecular formula is C11H23NO2. The lowest BCUT2D eigenvalue weighted by Crippen LogP contribution is -2.23. The molecular weight excluding hydrogens is 178 g/mol. The standard InChI is InChI=1S/C11H23NO2/c1-9(2)14-8-11(13)6-10-4-5-12(3)7-10/h9-11,13H,4-8H2,1-3H3/t10?,11-/m1/s1. The molecule has 3 heteroatoms. The van der Waals surface area contributed by atoms with Gasteiger partial charge in [0.25, 0.3) is 0 Å². The highest BCUT2D eigenvalue weighted by Crippen LogP contribution is 2.19. The molecule has 0 radical (unpaired) electrons. The van der Waals surface area contributed by atoms with Crippen LogP contribution in [0.2, 0.25) is 0 Å². The lowest BCUT2D eigenvalue weighted by atomic mass is 10.0. The van der Waals surface area contributed by atoms with Crippen molar-refractivity contribution in [3.63, 3.8) is 0 Å². The van der Waals surface area contributed by atoms with Gasteiger partial charge in [0.2, 0.25) is 0 Å². The Morgan fingerprint density at radius 1 is 1.50 bits per heavy atom. The summed E-state index contributed by atoms with van der Waals surface area (Å²) in [6, 6.07) is 0. The first-order valence-electron chi connectivity index (χ1n) is 5.56. The zero-order chi connectivity index (χ0) is 10.6. The summed E-state index contributed by atoms with van der Waals surface area (Å²) in [5, 5.41) is 9.70. The molecule has 1 rings (SSSR count). The maximum absolute atomic E-state index is 9.70. The Kier molecular flexibility index (Phi) is 4.85. The van der Waals surface area contributed by atoms with Crippen LogP contribution in [0.3, 0.4) is 0 Å². The zero-order valence-corrected chi connectivity index (χ0v) is 9.57. The molecule has 0 aliphatic carbocycles. The van der Waals surface area contributed by atoms with Gasteiger partial charge in [0.15, 0.2) is 0 Å². The molecule has 2 atom stereocenters. The minimum atomic E-state index is -0.283. The number of hydrogen-bond acceptors (Lipinski definition) is 3. The maximum Gasteiger partial charge on any atom is 0.0776 e. The van der Waals surface area contributed by atoms with Crippen molar-refractivity contribution in [2.75, 3.05) is 26.7 Å². The number of aliphatic hydroxyl groups excluding tert-OH is 1. The normalized spacial score (nSPS) is 25.9. The summed E-state index contributed by atoms with van der Waals surface area (Å²) < 4.78 is 5.38. The molecule has 0 amide bonds. The molecule has 1 aliphatic heterocycles. The quantitative estimate of drug-likeness (QED) is 0.723. The fourth-order valence-corrected chi connectivity index (χ4v) is 1.98. The van der Waals surface area contributed by atoms with Gasteiger partial charge in [-0.15, -0.1) is 0 Å². The minimum absolute atomic E-state index is 0.218. The molecule has 0 spiro atoms. The number of hydrogen-bond donors (Lipinski definition) is 1. The summed E-state index contributed by atoms with van der Waals surface area (Å²) in [6.45, 7) is 6.77. The van der Waals surface area contributed by atoms with E-state index in [2.05, 4.69) is 11.9 Å². The number of aliphatic hydroxyl groups is 1. The fraction of sp³-hybridized carbons (Fsp3) is 1.00. The second-order valence-electron chi connectivity index (χ2n) is 4.69. The van der Waals surface area contributed by atoms with Crippen molar-refractivity contribution in [3.8, 4) is 0 Å². The number of nitrogens with zero attached hydrogens (tertiary/aromatic N) is 1. The van der Waals surface area contributed by atoms with Gasteiger partial charge in [-0.05, 0) is 46.2 Å². The molecule has 0 saturated carbocycles. The van der Waals surface area contributed by atoms with Crippen LogP contribution >= 0.6 is 0 Å². The Morgan fingerprint density at radius 2 is 2.21 bits per heavy atom. The third kappa shape index (κ3) is 4.40. The van der Waals surface area contributed by atoms with Crippen molar-refractivity contribution in [2.45, 2.75) is 38.9 Å². The molecule has 84 valence electrons. The highest BCUT2D eigenvalue weighted by atomic mass is 16.5. The van der Waals surface area contributed by atoms with Gasteiger partial charge in [-0.25, -0.2) is 0 Å². The first-order valence-corrected chi connectivity index (χ1v) is 5.56. The third-order valence-electron chi connectivity index (χ3n) is 2.72. The van der Waals surface area contributed by atoms with E-state index in [1.54, 1.807) is 0 Å². The van der Waals surface area contributed by atoms with E-state index < -0.39 is 0 Å². The van der Waals surface area contributed by atoms with Crippen LogP contribution in [-0.2, 0) is 4.74 Å². The van der Waals surface area contributed by atoms with Crippen molar-refractivity contribution in [1.29, 1.82) is 0 Å². The van der Waals surface area contributed by atoms with Crippen LogP contribution in [-0.4, -0.2) is 49.0 Å². The SMILES string of the molecule is CC(C)OC[C@H](O)CC1CCN(C)C1. The van der Waals surface area contributed by atoms with E-state index in [1.165, 1.54) is 13.0 Å². The number of ether oxygens (including phenoxy) is 1. The fourth-order valence-electron chi connectivity index (χ4n) is 1.98. The Bertz CT molecular complexity index is 161. The molecule has 14 heavy (non-hydrogen) atoms. The van der Waals surface area contributed by atoms with E-state index in [1.807, 2.05) is 13.8 Å². The monoisotopic (exact) mass is 201 g/mol. The minimum Gasteiger partial charge on any atom is -0.391 e. The van der Waals surface area contributed by atoms with E-state index in [0.717, 1.165) is 13.0 Å². The van der Waals surface area contributed by atoms with Gasteiger partial charge in [-0.2, -0.15) is 0 Å². The lowest BCUT2D eigenvalue weighted by molar-refractivity contribution is -0.00308. The van der Waals surface area contributed by atoms with E-state index in [0.29, 0.717) is 12.5 Å². The van der Waals surface area contributed by atoms with Gasteiger partial charge in [-0.3, -0.25) is 0 Å². The van der Waals surface area contributed by atoms with E-state index in [4.69, 9.17) is 4.74 Å². The predicted molar refractivity (Wildman–Crippen MR) is 57.3 cm³/mol. The van der Waals surface area contributed by atoms with Gasteiger partial charge in [-0.1, -0.05) is 0 Å². The van der Waals surface area contributed by atoms with Crippen molar-refractivity contribution in [1.82, 2.24) is 4.90 Å². The van der Waals surface area contributed by atoms with Crippen molar-refractivity contribution in [2.24, 2.45) is 5.92 Å². The van der Waals surface area contributed by atoms with E-state index in [9.17, 15) is 5.11 Å². The summed E-state index contributed by atoms with van der Waals surface area (Å²) in [5.74, 6) is 0.658. The molecule has 3 nitrogen and oxygen atoms in total. The molecule has 1 aliphatic rings. The van der Waals surface area contributed by atoms with Crippen molar-refractivity contribution >= 4 is 0 Å². The smallest absolute Gasteiger partial charge is 0.0776 e. The van der Waals surface area contributed by atoms with E-state index in [-0.39, 0.29) is 12.2 Å². The molecule has 0 aromatic rings. The highest BCUT2D eigenvalue weighted by molar-refractivity contribution is 4.75. The molecule has 0 aromatic carbocycles. The average molecular weight is 201 g/mol. The molecule has 1 saturated heterocycles. The van der Waals surface area contributed by atoms with Gasteiger partial charge in [0, 0.05) is 6.54 Å². The van der Waals surface area contributed by atoms with Crippen LogP contribution < -0.4 is 0 Å². The summed E-state index contributed by atoms with van der Waals surface area (Å²) in [4.78, 5) is 2.32. The van der Waals surface area contributed by atoms with Crippen LogP contribution in [0, 0.1) is 5.92 Å². The summed E-state index contributed by atoms with van der Waals surface area (Å²) in [7, 11) is 2.14. The molecule has 0 bridgehead atoms. The number of likely N-dealkylation sites (tertiary alicyclic amines) is 1. The molecule has 0 aromatic heterocycles. The van der Waals surface area contributed by atoms with Crippen LogP contribution in [0.4, 0.5) is 0 Å². The molecule has 1 fully saturated rings. The van der Waals surface area contributed by atoms with Crippen molar-refractivity contribution < 1.29 is 9.84 Å². The maximum atomic E-state index is 9.70. The second kappa shape index (κ2) is 5.69. The predicted octanol–water partition coefficient (Wildman–Crippen LogP) is 1.11. The topological polar surface area (TPSA) is 32.7 Å².